The molecular formula is C21H22FN3O3S. The molecule has 1 fully saturated rings. The van der Waals surface area contributed by atoms with Gasteiger partial charge in [0, 0.05) is 26.1 Å². The molecule has 1 aromatic carbocycles. The highest BCUT2D eigenvalue weighted by Crippen LogP contribution is 2.17. The topological polar surface area (TPSA) is 64.3 Å². The van der Waals surface area contributed by atoms with Crippen LogP contribution in [-0.2, 0) is 17.9 Å². The molecule has 8 heteroatoms. The first kappa shape index (κ1) is 19.6. The Labute approximate surface area is 170 Å². The number of hydrogen-bond donors (Lipinski definition) is 0. The largest absolute Gasteiger partial charge is 0.343 e. The van der Waals surface area contributed by atoms with Crippen LogP contribution in [0.2, 0.25) is 0 Å². The number of rotatable bonds is 5. The maximum atomic E-state index is 13.2. The quantitative estimate of drug-likeness (QED) is 0.644. The number of fused-ring (bicyclic) bond motifs is 1. The monoisotopic (exact) mass is 415 g/mol. The third kappa shape index (κ3) is 4.03. The Morgan fingerprint density at radius 2 is 1.72 bits per heavy atom. The van der Waals surface area contributed by atoms with Gasteiger partial charge in [0.05, 0.1) is 12.1 Å². The van der Waals surface area contributed by atoms with Crippen LogP contribution >= 0.6 is 11.3 Å². The van der Waals surface area contributed by atoms with Gasteiger partial charge in [0.1, 0.15) is 10.5 Å². The molecule has 0 aliphatic carbocycles. The SMILES string of the molecule is O=C(CCn1c(=O)c2sccc2n(Cc2ccc(F)cc2)c1=O)N1CCCCC1. The number of aromatic nitrogens is 2. The summed E-state index contributed by atoms with van der Waals surface area (Å²) in [6.07, 6.45) is 3.25. The van der Waals surface area contributed by atoms with Gasteiger partial charge in [-0.25, -0.2) is 9.18 Å². The molecule has 1 aliphatic heterocycles. The van der Waals surface area contributed by atoms with Gasteiger partial charge < -0.3 is 4.90 Å². The molecule has 6 nitrogen and oxygen atoms in total. The predicted octanol–water partition coefficient (Wildman–Crippen LogP) is 2.81. The molecule has 0 atom stereocenters. The number of nitrogens with zero attached hydrogens (tertiary/aromatic N) is 3. The highest BCUT2D eigenvalue weighted by Gasteiger charge is 2.19. The highest BCUT2D eigenvalue weighted by atomic mass is 32.1. The van der Waals surface area contributed by atoms with E-state index < -0.39 is 5.69 Å². The minimum Gasteiger partial charge on any atom is -0.343 e. The van der Waals surface area contributed by atoms with Crippen LogP contribution in [-0.4, -0.2) is 33.0 Å². The van der Waals surface area contributed by atoms with Crippen molar-refractivity contribution in [2.75, 3.05) is 13.1 Å². The Kier molecular flexibility index (Phi) is 5.62. The van der Waals surface area contributed by atoms with E-state index in [0.717, 1.165) is 42.5 Å². The van der Waals surface area contributed by atoms with Crippen molar-refractivity contribution in [2.24, 2.45) is 0 Å². The van der Waals surface area contributed by atoms with Gasteiger partial charge in [0.25, 0.3) is 5.56 Å². The summed E-state index contributed by atoms with van der Waals surface area (Å²) in [5.74, 6) is -0.365. The molecule has 3 aromatic rings. The second kappa shape index (κ2) is 8.32. The lowest BCUT2D eigenvalue weighted by Crippen LogP contribution is -2.42. The zero-order valence-electron chi connectivity index (χ0n) is 16.0. The molecule has 0 N–H and O–H groups in total. The number of likely N-dealkylation sites (tertiary alicyclic amines) is 1. The molecule has 152 valence electrons. The molecule has 1 saturated heterocycles. The first-order valence-electron chi connectivity index (χ1n) is 9.77. The van der Waals surface area contributed by atoms with E-state index in [1.54, 1.807) is 23.6 Å². The fraction of sp³-hybridized carbons (Fsp3) is 0.381. The van der Waals surface area contributed by atoms with Crippen molar-refractivity contribution < 1.29 is 9.18 Å². The summed E-state index contributed by atoms with van der Waals surface area (Å²) < 4.78 is 16.4. The van der Waals surface area contributed by atoms with Crippen LogP contribution in [0.25, 0.3) is 10.2 Å². The van der Waals surface area contributed by atoms with E-state index in [0.29, 0.717) is 10.2 Å². The van der Waals surface area contributed by atoms with Crippen molar-refractivity contribution in [1.29, 1.82) is 0 Å². The van der Waals surface area contributed by atoms with Crippen molar-refractivity contribution in [2.45, 2.75) is 38.8 Å². The lowest BCUT2D eigenvalue weighted by molar-refractivity contribution is -0.132. The van der Waals surface area contributed by atoms with E-state index >= 15 is 0 Å². The standard InChI is InChI=1S/C21H22FN3O3S/c22-16-6-4-15(5-7-16)14-25-17-9-13-29-19(17)20(27)24(21(25)28)12-8-18(26)23-10-2-1-3-11-23/h4-7,9,13H,1-3,8,10-12,14H2. The van der Waals surface area contributed by atoms with E-state index in [2.05, 4.69) is 0 Å². The molecule has 1 amide bonds. The average molecular weight is 415 g/mol. The second-order valence-electron chi connectivity index (χ2n) is 7.28. The number of benzene rings is 1. The normalized spacial score (nSPS) is 14.4. The van der Waals surface area contributed by atoms with E-state index in [1.807, 2.05) is 4.90 Å². The van der Waals surface area contributed by atoms with Gasteiger partial charge in [-0.15, -0.1) is 11.3 Å². The van der Waals surface area contributed by atoms with Gasteiger partial charge in [-0.05, 0) is 48.4 Å². The molecule has 0 unspecified atom stereocenters. The average Bonchev–Trinajstić information content (AvgIpc) is 3.23. The molecule has 0 saturated carbocycles. The number of amides is 1. The number of halogens is 1. The summed E-state index contributed by atoms with van der Waals surface area (Å²) in [6, 6.07) is 7.68. The summed E-state index contributed by atoms with van der Waals surface area (Å²) >= 11 is 1.28. The summed E-state index contributed by atoms with van der Waals surface area (Å²) in [5.41, 5.74) is 0.516. The van der Waals surface area contributed by atoms with Gasteiger partial charge in [0.15, 0.2) is 0 Å². The van der Waals surface area contributed by atoms with Crippen LogP contribution in [0.1, 0.15) is 31.2 Å². The number of carbonyl (C=O) groups is 1. The molecule has 29 heavy (non-hydrogen) atoms. The van der Waals surface area contributed by atoms with Crippen molar-refractivity contribution in [3.8, 4) is 0 Å². The number of piperidine rings is 1. The minimum absolute atomic E-state index is 0.0210. The summed E-state index contributed by atoms with van der Waals surface area (Å²) in [4.78, 5) is 40.2. The first-order valence-corrected chi connectivity index (χ1v) is 10.7. The van der Waals surface area contributed by atoms with Crippen LogP contribution < -0.4 is 11.2 Å². The lowest BCUT2D eigenvalue weighted by atomic mass is 10.1. The van der Waals surface area contributed by atoms with Crippen molar-refractivity contribution in [3.63, 3.8) is 0 Å². The molecule has 1 aliphatic rings. The molecule has 3 heterocycles. The van der Waals surface area contributed by atoms with E-state index in [1.165, 1.54) is 28.0 Å². The Hall–Kier alpha value is -2.74. The van der Waals surface area contributed by atoms with E-state index in [-0.39, 0.29) is 36.8 Å². The van der Waals surface area contributed by atoms with Gasteiger partial charge >= 0.3 is 5.69 Å². The Morgan fingerprint density at radius 3 is 2.45 bits per heavy atom. The van der Waals surface area contributed by atoms with Crippen molar-refractivity contribution in [1.82, 2.24) is 14.0 Å². The Balaban J connectivity index is 1.65. The predicted molar refractivity (Wildman–Crippen MR) is 111 cm³/mol. The maximum Gasteiger partial charge on any atom is 0.331 e. The molecular weight excluding hydrogens is 393 g/mol. The Morgan fingerprint density at radius 1 is 1.00 bits per heavy atom. The molecule has 0 spiro atoms. The fourth-order valence-corrected chi connectivity index (χ4v) is 4.61. The smallest absolute Gasteiger partial charge is 0.331 e. The fourth-order valence-electron chi connectivity index (χ4n) is 3.76. The summed E-state index contributed by atoms with van der Waals surface area (Å²) in [6.45, 7) is 1.77. The number of thiophene rings is 1. The first-order chi connectivity index (χ1) is 14.0. The Bertz CT molecular complexity index is 1140. The van der Waals surface area contributed by atoms with Crippen molar-refractivity contribution >= 4 is 27.5 Å². The summed E-state index contributed by atoms with van der Waals surface area (Å²) in [5, 5.41) is 1.77. The zero-order chi connectivity index (χ0) is 20.4. The molecule has 4 rings (SSSR count). The van der Waals surface area contributed by atoms with Gasteiger partial charge in [-0.3, -0.25) is 18.7 Å². The van der Waals surface area contributed by atoms with Crippen LogP contribution in [0.3, 0.4) is 0 Å². The van der Waals surface area contributed by atoms with Crippen LogP contribution in [0.5, 0.6) is 0 Å². The van der Waals surface area contributed by atoms with Crippen LogP contribution in [0, 0.1) is 5.82 Å². The van der Waals surface area contributed by atoms with Crippen LogP contribution in [0.4, 0.5) is 4.39 Å². The maximum absolute atomic E-state index is 13.2. The highest BCUT2D eigenvalue weighted by molar-refractivity contribution is 7.17. The molecule has 2 aromatic heterocycles. The van der Waals surface area contributed by atoms with Crippen molar-refractivity contribution in [3.05, 3.63) is 67.9 Å². The van der Waals surface area contributed by atoms with Gasteiger partial charge in [-0.1, -0.05) is 12.1 Å². The zero-order valence-corrected chi connectivity index (χ0v) is 16.8. The number of carbonyl (C=O) groups excluding carboxylic acids is 1. The molecule has 0 bridgehead atoms. The lowest BCUT2D eigenvalue weighted by Gasteiger charge is -2.26. The second-order valence-corrected chi connectivity index (χ2v) is 8.19. The molecule has 0 radical (unpaired) electrons. The van der Waals surface area contributed by atoms with Crippen LogP contribution in [0.15, 0.2) is 45.3 Å². The van der Waals surface area contributed by atoms with Gasteiger partial charge in [0.2, 0.25) is 5.91 Å². The van der Waals surface area contributed by atoms with E-state index in [4.69, 9.17) is 0 Å². The number of hydrogen-bond acceptors (Lipinski definition) is 4. The minimum atomic E-state index is -0.448. The van der Waals surface area contributed by atoms with E-state index in [9.17, 15) is 18.8 Å². The third-order valence-corrected chi connectivity index (χ3v) is 6.24. The summed E-state index contributed by atoms with van der Waals surface area (Å²) in [7, 11) is 0. The van der Waals surface area contributed by atoms with Gasteiger partial charge in [-0.2, -0.15) is 0 Å². The third-order valence-electron chi connectivity index (χ3n) is 5.35.